The first-order chi connectivity index (χ1) is 13.3. The van der Waals surface area contributed by atoms with Crippen molar-refractivity contribution in [3.63, 3.8) is 0 Å². The molecule has 0 radical (unpaired) electrons. The fourth-order valence-electron chi connectivity index (χ4n) is 3.79. The molecule has 2 aliphatic rings. The van der Waals surface area contributed by atoms with Crippen LogP contribution in [0.2, 0.25) is 0 Å². The number of para-hydroxylation sites is 2. The molecule has 1 fully saturated rings. The van der Waals surface area contributed by atoms with Crippen LogP contribution in [-0.4, -0.2) is 39.9 Å². The van der Waals surface area contributed by atoms with Gasteiger partial charge in [0, 0.05) is 12.8 Å². The van der Waals surface area contributed by atoms with Gasteiger partial charge in [-0.15, -0.1) is 0 Å². The summed E-state index contributed by atoms with van der Waals surface area (Å²) in [6.07, 6.45) is 8.55. The van der Waals surface area contributed by atoms with Crippen molar-refractivity contribution >= 4 is 5.91 Å². The molecule has 7 heteroatoms. The zero-order valence-corrected chi connectivity index (χ0v) is 15.5. The third-order valence-electron chi connectivity index (χ3n) is 5.24. The van der Waals surface area contributed by atoms with Crippen molar-refractivity contribution in [1.29, 1.82) is 0 Å². The van der Waals surface area contributed by atoms with Gasteiger partial charge < -0.3 is 14.8 Å². The molecule has 144 valence electrons. The van der Waals surface area contributed by atoms with Crippen LogP contribution in [0.4, 0.5) is 0 Å². The summed E-state index contributed by atoms with van der Waals surface area (Å²) < 4.78 is 13.6. The molecule has 1 aromatic carbocycles. The van der Waals surface area contributed by atoms with Gasteiger partial charge in [-0.2, -0.15) is 5.10 Å². The second-order valence-corrected chi connectivity index (χ2v) is 7.21. The van der Waals surface area contributed by atoms with Crippen LogP contribution in [0.5, 0.6) is 11.5 Å². The summed E-state index contributed by atoms with van der Waals surface area (Å²) in [5, 5.41) is 7.34. The summed E-state index contributed by atoms with van der Waals surface area (Å²) in [6.45, 7) is 0.871. The highest BCUT2D eigenvalue weighted by Crippen LogP contribution is 2.30. The highest BCUT2D eigenvalue weighted by Gasteiger charge is 2.22. The number of hydrogen-bond donors (Lipinski definition) is 1. The SMILES string of the molecule is O=C(CCc1ncnn1C1CCCCC1)NC[C@@H]1COc2ccccc2O1. The molecular weight excluding hydrogens is 344 g/mol. The number of hydrogen-bond acceptors (Lipinski definition) is 5. The maximum Gasteiger partial charge on any atom is 0.220 e. The van der Waals surface area contributed by atoms with Crippen molar-refractivity contribution in [2.45, 2.75) is 57.1 Å². The van der Waals surface area contributed by atoms with Gasteiger partial charge in [0.05, 0.1) is 12.6 Å². The number of ether oxygens (including phenoxy) is 2. The molecule has 0 spiro atoms. The molecule has 1 aliphatic carbocycles. The lowest BCUT2D eigenvalue weighted by Gasteiger charge is -2.26. The van der Waals surface area contributed by atoms with E-state index in [2.05, 4.69) is 15.4 Å². The van der Waals surface area contributed by atoms with Gasteiger partial charge in [0.1, 0.15) is 24.9 Å². The van der Waals surface area contributed by atoms with E-state index in [1.54, 1.807) is 6.33 Å². The van der Waals surface area contributed by atoms with Crippen molar-refractivity contribution in [2.75, 3.05) is 13.2 Å². The minimum atomic E-state index is -0.172. The Morgan fingerprint density at radius 3 is 2.85 bits per heavy atom. The molecule has 1 aliphatic heterocycles. The summed E-state index contributed by atoms with van der Waals surface area (Å²) in [6, 6.07) is 8.02. The Labute approximate surface area is 159 Å². The number of amides is 1. The minimum absolute atomic E-state index is 0.00403. The lowest BCUT2D eigenvalue weighted by atomic mass is 9.95. The van der Waals surface area contributed by atoms with Gasteiger partial charge in [0.15, 0.2) is 11.5 Å². The van der Waals surface area contributed by atoms with Crippen molar-refractivity contribution in [3.05, 3.63) is 36.4 Å². The van der Waals surface area contributed by atoms with Crippen molar-refractivity contribution < 1.29 is 14.3 Å². The molecule has 4 rings (SSSR count). The number of rotatable bonds is 6. The Morgan fingerprint density at radius 1 is 1.19 bits per heavy atom. The lowest BCUT2D eigenvalue weighted by Crippen LogP contribution is -2.40. The molecule has 1 atom stereocenters. The van der Waals surface area contributed by atoms with Gasteiger partial charge in [-0.1, -0.05) is 31.4 Å². The Hall–Kier alpha value is -2.57. The summed E-state index contributed by atoms with van der Waals surface area (Å²) in [5.41, 5.74) is 0. The quantitative estimate of drug-likeness (QED) is 0.846. The summed E-state index contributed by atoms with van der Waals surface area (Å²) >= 11 is 0. The largest absolute Gasteiger partial charge is 0.486 e. The molecule has 0 unspecified atom stereocenters. The Bertz CT molecular complexity index is 770. The van der Waals surface area contributed by atoms with E-state index < -0.39 is 0 Å². The lowest BCUT2D eigenvalue weighted by molar-refractivity contribution is -0.121. The van der Waals surface area contributed by atoms with Gasteiger partial charge in [-0.3, -0.25) is 4.79 Å². The van der Waals surface area contributed by atoms with E-state index in [4.69, 9.17) is 9.47 Å². The van der Waals surface area contributed by atoms with Crippen LogP contribution in [0.25, 0.3) is 0 Å². The van der Waals surface area contributed by atoms with Crippen LogP contribution in [0, 0.1) is 0 Å². The average Bonchev–Trinajstić information content (AvgIpc) is 3.20. The van der Waals surface area contributed by atoms with Crippen LogP contribution in [0.15, 0.2) is 30.6 Å². The van der Waals surface area contributed by atoms with E-state index in [0.29, 0.717) is 32.0 Å². The first kappa shape index (κ1) is 17.8. The number of aromatic nitrogens is 3. The first-order valence-electron chi connectivity index (χ1n) is 9.83. The van der Waals surface area contributed by atoms with Crippen LogP contribution in [0.3, 0.4) is 0 Å². The summed E-state index contributed by atoms with van der Waals surface area (Å²) in [5.74, 6) is 2.38. The third kappa shape index (κ3) is 4.40. The molecule has 1 N–H and O–H groups in total. The maximum atomic E-state index is 12.2. The molecule has 1 aromatic heterocycles. The normalized spacial score (nSPS) is 19.6. The van der Waals surface area contributed by atoms with Gasteiger partial charge in [0.2, 0.25) is 5.91 Å². The monoisotopic (exact) mass is 370 g/mol. The van der Waals surface area contributed by atoms with Crippen LogP contribution in [-0.2, 0) is 11.2 Å². The zero-order valence-electron chi connectivity index (χ0n) is 15.5. The number of carbonyl (C=O) groups excluding carboxylic acids is 1. The van der Waals surface area contributed by atoms with E-state index in [1.165, 1.54) is 19.3 Å². The molecule has 1 saturated carbocycles. The molecule has 0 bridgehead atoms. The molecular formula is C20H26N4O3. The number of nitrogens with zero attached hydrogens (tertiary/aromatic N) is 3. The van der Waals surface area contributed by atoms with Gasteiger partial charge >= 0.3 is 0 Å². The third-order valence-corrected chi connectivity index (χ3v) is 5.24. The van der Waals surface area contributed by atoms with Crippen LogP contribution < -0.4 is 14.8 Å². The van der Waals surface area contributed by atoms with Gasteiger partial charge in [0.25, 0.3) is 0 Å². The second-order valence-electron chi connectivity index (χ2n) is 7.21. The van der Waals surface area contributed by atoms with E-state index in [-0.39, 0.29) is 12.0 Å². The van der Waals surface area contributed by atoms with Crippen molar-refractivity contribution in [3.8, 4) is 11.5 Å². The van der Waals surface area contributed by atoms with Crippen LogP contribution in [0.1, 0.15) is 50.4 Å². The van der Waals surface area contributed by atoms with E-state index in [0.717, 1.165) is 30.2 Å². The number of aryl methyl sites for hydroxylation is 1. The standard InChI is InChI=1S/C20H26N4O3/c25-20(21-12-16-13-26-17-8-4-5-9-18(17)27-16)11-10-19-22-14-23-24(19)15-6-2-1-3-7-15/h4-5,8-9,14-16H,1-3,6-7,10-13H2,(H,21,25)/t16-/m1/s1. The Balaban J connectivity index is 1.23. The maximum absolute atomic E-state index is 12.2. The Morgan fingerprint density at radius 2 is 2.00 bits per heavy atom. The smallest absolute Gasteiger partial charge is 0.220 e. The molecule has 27 heavy (non-hydrogen) atoms. The molecule has 2 aromatic rings. The highest BCUT2D eigenvalue weighted by atomic mass is 16.6. The number of carbonyl (C=O) groups is 1. The highest BCUT2D eigenvalue weighted by molar-refractivity contribution is 5.76. The topological polar surface area (TPSA) is 78.3 Å². The fourth-order valence-corrected chi connectivity index (χ4v) is 3.79. The van der Waals surface area contributed by atoms with Crippen molar-refractivity contribution in [1.82, 2.24) is 20.1 Å². The predicted molar refractivity (Wildman–Crippen MR) is 99.8 cm³/mol. The molecule has 0 saturated heterocycles. The van der Waals surface area contributed by atoms with Gasteiger partial charge in [-0.25, -0.2) is 9.67 Å². The summed E-state index contributed by atoms with van der Waals surface area (Å²) in [7, 11) is 0. The minimum Gasteiger partial charge on any atom is -0.486 e. The Kier molecular flexibility index (Phi) is 5.55. The first-order valence-corrected chi connectivity index (χ1v) is 9.83. The van der Waals surface area contributed by atoms with Crippen LogP contribution >= 0.6 is 0 Å². The van der Waals surface area contributed by atoms with E-state index in [1.807, 2.05) is 28.9 Å². The van der Waals surface area contributed by atoms with E-state index >= 15 is 0 Å². The number of benzene rings is 1. The van der Waals surface area contributed by atoms with Crippen molar-refractivity contribution in [2.24, 2.45) is 0 Å². The second kappa shape index (κ2) is 8.41. The molecule has 1 amide bonds. The molecule has 7 nitrogen and oxygen atoms in total. The fraction of sp³-hybridized carbons (Fsp3) is 0.550. The molecule has 2 heterocycles. The van der Waals surface area contributed by atoms with E-state index in [9.17, 15) is 4.79 Å². The summed E-state index contributed by atoms with van der Waals surface area (Å²) in [4.78, 5) is 16.6. The van der Waals surface area contributed by atoms with Gasteiger partial charge in [-0.05, 0) is 25.0 Å². The number of fused-ring (bicyclic) bond motifs is 1. The predicted octanol–water partition coefficient (Wildman–Crippen LogP) is 2.67. The average molecular weight is 370 g/mol. The zero-order chi connectivity index (χ0) is 18.5. The number of nitrogens with one attached hydrogen (secondary N) is 1.